The van der Waals surface area contributed by atoms with Crippen LogP contribution in [-0.2, 0) is 0 Å². The Morgan fingerprint density at radius 1 is 1.50 bits per heavy atom. The summed E-state index contributed by atoms with van der Waals surface area (Å²) in [7, 11) is 0. The molecule has 2 radical (unpaired) electrons. The topological polar surface area (TPSA) is 46.5 Å². The number of fused-ring (bicyclic) bond motifs is 1. The van der Waals surface area contributed by atoms with E-state index >= 15 is 0 Å². The highest BCUT2D eigenvalue weighted by Gasteiger charge is 2.33. The van der Waals surface area contributed by atoms with Gasteiger partial charge in [0.15, 0.2) is 0 Å². The molecule has 0 saturated heterocycles. The molecule has 0 aromatic heterocycles. The number of rotatable bonds is 1. The van der Waals surface area contributed by atoms with Crippen LogP contribution >= 0.6 is 0 Å². The third kappa shape index (κ3) is 1.35. The summed E-state index contributed by atoms with van der Waals surface area (Å²) in [5, 5.41) is 8.91. The van der Waals surface area contributed by atoms with Crippen LogP contribution in [0.4, 0.5) is 0 Å². The van der Waals surface area contributed by atoms with Crippen LogP contribution in [-0.4, -0.2) is 16.7 Å². The van der Waals surface area contributed by atoms with E-state index in [-0.39, 0.29) is 5.56 Å². The molecule has 0 amide bonds. The summed E-state index contributed by atoms with van der Waals surface area (Å²) < 4.78 is 5.49. The maximum absolute atomic E-state index is 10.9. The predicted octanol–water partition coefficient (Wildman–Crippen LogP) is 1.99. The number of hydrogen-bond donors (Lipinski definition) is 1. The van der Waals surface area contributed by atoms with E-state index in [1.54, 1.807) is 12.1 Å². The van der Waals surface area contributed by atoms with Crippen molar-refractivity contribution in [2.75, 3.05) is 0 Å². The molecule has 1 aromatic carbocycles. The zero-order chi connectivity index (χ0) is 10.3. The first kappa shape index (κ1) is 9.06. The molecule has 72 valence electrons. The summed E-state index contributed by atoms with van der Waals surface area (Å²) >= 11 is 0. The molecule has 0 bridgehead atoms. The van der Waals surface area contributed by atoms with E-state index in [4.69, 9.17) is 9.84 Å². The van der Waals surface area contributed by atoms with Crippen LogP contribution in [0.5, 0.6) is 5.75 Å². The Balaban J connectivity index is 2.52. The molecule has 14 heavy (non-hydrogen) atoms. The minimum atomic E-state index is -0.971. The quantitative estimate of drug-likeness (QED) is 0.736. The van der Waals surface area contributed by atoms with Crippen molar-refractivity contribution in [2.45, 2.75) is 19.4 Å². The maximum Gasteiger partial charge on any atom is 0.339 e. The van der Waals surface area contributed by atoms with Gasteiger partial charge in [0.05, 0.1) is 6.42 Å². The molecular formula is C11H10O3. The van der Waals surface area contributed by atoms with Crippen molar-refractivity contribution in [1.82, 2.24) is 0 Å². The average Bonchev–Trinajstić information content (AvgIpc) is 2.36. The minimum absolute atomic E-state index is 0.195. The lowest BCUT2D eigenvalue weighted by Crippen LogP contribution is -2.23. The van der Waals surface area contributed by atoms with Gasteiger partial charge < -0.3 is 9.84 Å². The number of benzene rings is 1. The SMILES string of the molecule is CC1(C)[C]c2cccc(C(=O)O)c2O1. The monoisotopic (exact) mass is 190 g/mol. The van der Waals surface area contributed by atoms with Gasteiger partial charge in [-0.15, -0.1) is 0 Å². The molecule has 3 heteroatoms. The van der Waals surface area contributed by atoms with Crippen LogP contribution in [0.3, 0.4) is 0 Å². The van der Waals surface area contributed by atoms with Gasteiger partial charge in [0.1, 0.15) is 16.9 Å². The fourth-order valence-corrected chi connectivity index (χ4v) is 1.52. The molecule has 1 aliphatic rings. The molecular weight excluding hydrogens is 180 g/mol. The number of carboxylic acid groups (broad SMARTS) is 1. The van der Waals surface area contributed by atoms with E-state index < -0.39 is 11.6 Å². The fourth-order valence-electron chi connectivity index (χ4n) is 1.52. The summed E-state index contributed by atoms with van der Waals surface area (Å²) in [6.07, 6.45) is 3.08. The summed E-state index contributed by atoms with van der Waals surface area (Å²) in [6.45, 7) is 3.69. The smallest absolute Gasteiger partial charge is 0.339 e. The highest BCUT2D eigenvalue weighted by molar-refractivity contribution is 5.92. The number of hydrogen-bond acceptors (Lipinski definition) is 2. The maximum atomic E-state index is 10.9. The molecule has 0 fully saturated rings. The van der Waals surface area contributed by atoms with Crippen LogP contribution in [0, 0.1) is 6.42 Å². The highest BCUT2D eigenvalue weighted by Crippen LogP contribution is 2.38. The second kappa shape index (κ2) is 2.74. The van der Waals surface area contributed by atoms with Crippen molar-refractivity contribution in [2.24, 2.45) is 0 Å². The molecule has 3 nitrogen and oxygen atoms in total. The van der Waals surface area contributed by atoms with Crippen molar-refractivity contribution in [3.8, 4) is 5.75 Å². The molecule has 1 aromatic rings. The third-order valence-electron chi connectivity index (χ3n) is 2.04. The Labute approximate surface area is 82.3 Å². The molecule has 0 unspecified atom stereocenters. The normalized spacial score (nSPS) is 17.3. The van der Waals surface area contributed by atoms with E-state index in [0.717, 1.165) is 5.56 Å². The van der Waals surface area contributed by atoms with Crippen LogP contribution < -0.4 is 4.74 Å². The van der Waals surface area contributed by atoms with Gasteiger partial charge in [-0.2, -0.15) is 0 Å². The van der Waals surface area contributed by atoms with Crippen LogP contribution in [0.25, 0.3) is 0 Å². The van der Waals surface area contributed by atoms with Gasteiger partial charge >= 0.3 is 5.97 Å². The first-order valence-corrected chi connectivity index (χ1v) is 4.33. The highest BCUT2D eigenvalue weighted by atomic mass is 16.5. The Morgan fingerprint density at radius 3 is 2.86 bits per heavy atom. The molecule has 2 rings (SSSR count). The number of aromatic carboxylic acids is 1. The summed E-state index contributed by atoms with van der Waals surface area (Å²) in [6, 6.07) is 5.03. The molecule has 0 saturated carbocycles. The van der Waals surface area contributed by atoms with Crippen molar-refractivity contribution >= 4 is 5.97 Å². The average molecular weight is 190 g/mol. The Morgan fingerprint density at radius 2 is 2.21 bits per heavy atom. The Hall–Kier alpha value is -1.51. The van der Waals surface area contributed by atoms with Gasteiger partial charge in [-0.25, -0.2) is 4.79 Å². The molecule has 0 spiro atoms. The summed E-state index contributed by atoms with van der Waals surface area (Å²) in [4.78, 5) is 10.9. The van der Waals surface area contributed by atoms with Crippen LogP contribution in [0.1, 0.15) is 29.8 Å². The minimum Gasteiger partial charge on any atom is -0.486 e. The lowest BCUT2D eigenvalue weighted by atomic mass is 10.0. The first-order chi connectivity index (χ1) is 6.49. The lowest BCUT2D eigenvalue weighted by molar-refractivity contribution is 0.0688. The van der Waals surface area contributed by atoms with Crippen molar-refractivity contribution in [3.63, 3.8) is 0 Å². The number of carboxylic acids is 1. The largest absolute Gasteiger partial charge is 0.486 e. The molecule has 1 aliphatic heterocycles. The Bertz CT molecular complexity index is 394. The molecule has 0 aliphatic carbocycles. The van der Waals surface area contributed by atoms with Gasteiger partial charge in [-0.1, -0.05) is 12.1 Å². The number of para-hydroxylation sites is 1. The fraction of sp³-hybridized carbons (Fsp3) is 0.273. The second-order valence-electron chi connectivity index (χ2n) is 3.72. The van der Waals surface area contributed by atoms with Crippen molar-refractivity contribution in [1.29, 1.82) is 0 Å². The standard InChI is InChI=1S/C11H10O3/c1-11(2)6-7-4-3-5-8(10(12)13)9(7)14-11/h3-5H,1-2H3,(H,12,13). The zero-order valence-corrected chi connectivity index (χ0v) is 8.00. The van der Waals surface area contributed by atoms with Gasteiger partial charge in [-0.05, 0) is 19.9 Å². The first-order valence-electron chi connectivity index (χ1n) is 4.33. The lowest BCUT2D eigenvalue weighted by Gasteiger charge is -2.16. The van der Waals surface area contributed by atoms with E-state index in [2.05, 4.69) is 6.42 Å². The van der Waals surface area contributed by atoms with Crippen molar-refractivity contribution < 1.29 is 14.6 Å². The second-order valence-corrected chi connectivity index (χ2v) is 3.72. The van der Waals surface area contributed by atoms with E-state index in [9.17, 15) is 4.79 Å². The van der Waals surface area contributed by atoms with E-state index in [1.165, 1.54) is 6.07 Å². The Kier molecular flexibility index (Phi) is 1.77. The van der Waals surface area contributed by atoms with Gasteiger partial charge in [0.25, 0.3) is 0 Å². The summed E-state index contributed by atoms with van der Waals surface area (Å²) in [5.74, 6) is -0.550. The van der Waals surface area contributed by atoms with Gasteiger partial charge in [0.2, 0.25) is 0 Å². The van der Waals surface area contributed by atoms with E-state index in [1.807, 2.05) is 13.8 Å². The van der Waals surface area contributed by atoms with Crippen LogP contribution in [0.15, 0.2) is 18.2 Å². The van der Waals surface area contributed by atoms with Gasteiger partial charge in [-0.3, -0.25) is 0 Å². The van der Waals surface area contributed by atoms with Gasteiger partial charge in [0, 0.05) is 5.56 Å². The van der Waals surface area contributed by atoms with Crippen LogP contribution in [0.2, 0.25) is 0 Å². The molecule has 1 heterocycles. The number of ether oxygens (including phenoxy) is 1. The predicted molar refractivity (Wildman–Crippen MR) is 50.5 cm³/mol. The zero-order valence-electron chi connectivity index (χ0n) is 8.00. The van der Waals surface area contributed by atoms with E-state index in [0.29, 0.717) is 5.75 Å². The molecule has 1 N–H and O–H groups in total. The molecule has 0 atom stereocenters. The number of carbonyl (C=O) groups is 1. The third-order valence-corrected chi connectivity index (χ3v) is 2.04. The summed E-state index contributed by atoms with van der Waals surface area (Å²) in [5.41, 5.74) is 0.393. The van der Waals surface area contributed by atoms with Crippen molar-refractivity contribution in [3.05, 3.63) is 35.7 Å².